The summed E-state index contributed by atoms with van der Waals surface area (Å²) in [6.07, 6.45) is 1.48. The number of hydrogen-bond donors (Lipinski definition) is 2. The number of hydrogen-bond acceptors (Lipinski definition) is 3. The summed E-state index contributed by atoms with van der Waals surface area (Å²) in [6.45, 7) is 1.39. The molecule has 21 heavy (non-hydrogen) atoms. The first-order chi connectivity index (χ1) is 9.99. The number of amides is 2. The zero-order valence-corrected chi connectivity index (χ0v) is 13.0. The lowest BCUT2D eigenvalue weighted by Gasteiger charge is -2.34. The van der Waals surface area contributed by atoms with Crippen LogP contribution < -0.4 is 11.1 Å². The summed E-state index contributed by atoms with van der Waals surface area (Å²) >= 11 is 3.25. The van der Waals surface area contributed by atoms with Gasteiger partial charge in [-0.3, -0.25) is 9.59 Å². The van der Waals surface area contributed by atoms with Crippen LogP contribution in [-0.4, -0.2) is 42.4 Å². The number of benzene rings is 1. The predicted octanol–water partition coefficient (Wildman–Crippen LogP) is 1.27. The third-order valence-electron chi connectivity index (χ3n) is 3.50. The van der Waals surface area contributed by atoms with Crippen LogP contribution in [0.3, 0.4) is 0 Å². The maximum absolute atomic E-state index is 13.4. The van der Waals surface area contributed by atoms with E-state index in [1.54, 1.807) is 0 Å². The van der Waals surface area contributed by atoms with E-state index in [0.29, 0.717) is 4.47 Å². The van der Waals surface area contributed by atoms with Crippen molar-refractivity contribution in [1.29, 1.82) is 0 Å². The lowest BCUT2D eigenvalue weighted by atomic mass is 10.0. The Labute approximate surface area is 130 Å². The molecule has 0 aliphatic carbocycles. The van der Waals surface area contributed by atoms with E-state index in [9.17, 15) is 14.0 Å². The highest BCUT2D eigenvalue weighted by atomic mass is 79.9. The maximum Gasteiger partial charge on any atom is 0.255 e. The molecule has 1 aromatic rings. The molecule has 1 aromatic carbocycles. The van der Waals surface area contributed by atoms with Crippen LogP contribution in [0.5, 0.6) is 0 Å². The monoisotopic (exact) mass is 357 g/mol. The van der Waals surface area contributed by atoms with E-state index in [1.807, 2.05) is 0 Å². The molecule has 1 saturated heterocycles. The number of rotatable bonds is 4. The van der Waals surface area contributed by atoms with Crippen molar-refractivity contribution in [3.8, 4) is 0 Å². The molecule has 5 nitrogen and oxygen atoms in total. The number of nitrogens with two attached hydrogens (primary N) is 1. The number of primary amides is 1. The minimum Gasteiger partial charge on any atom is -0.368 e. The van der Waals surface area contributed by atoms with Gasteiger partial charge in [0.15, 0.2) is 0 Å². The van der Waals surface area contributed by atoms with Crippen molar-refractivity contribution in [2.75, 3.05) is 19.6 Å². The molecule has 0 atom stereocenters. The summed E-state index contributed by atoms with van der Waals surface area (Å²) in [4.78, 5) is 25.4. The minimum absolute atomic E-state index is 0.0681. The quantitative estimate of drug-likeness (QED) is 0.851. The molecule has 1 heterocycles. The van der Waals surface area contributed by atoms with Crippen LogP contribution in [0.4, 0.5) is 4.39 Å². The first kappa shape index (κ1) is 15.9. The summed E-state index contributed by atoms with van der Waals surface area (Å²) in [6, 6.07) is 3.85. The number of carbonyl (C=O) groups excluding carboxylic acids is 2. The fourth-order valence-electron chi connectivity index (χ4n) is 2.47. The number of piperidine rings is 1. The molecule has 0 saturated carbocycles. The lowest BCUT2D eigenvalue weighted by molar-refractivity contribution is -0.119. The summed E-state index contributed by atoms with van der Waals surface area (Å²) in [5.41, 5.74) is 5.45. The van der Waals surface area contributed by atoms with Crippen LogP contribution in [0.1, 0.15) is 23.2 Å². The zero-order valence-electron chi connectivity index (χ0n) is 11.4. The van der Waals surface area contributed by atoms with Gasteiger partial charge in [-0.05, 0) is 60.1 Å². The normalized spacial score (nSPS) is 15.7. The van der Waals surface area contributed by atoms with Crippen molar-refractivity contribution < 1.29 is 14.0 Å². The molecule has 0 radical (unpaired) electrons. The van der Waals surface area contributed by atoms with Crippen LogP contribution in [0.25, 0.3) is 0 Å². The summed E-state index contributed by atoms with van der Waals surface area (Å²) in [7, 11) is 0. The van der Waals surface area contributed by atoms with Crippen molar-refractivity contribution in [3.05, 3.63) is 34.1 Å². The molecule has 0 unspecified atom stereocenters. The van der Waals surface area contributed by atoms with E-state index in [2.05, 4.69) is 21.2 Å². The van der Waals surface area contributed by atoms with Gasteiger partial charge in [-0.1, -0.05) is 0 Å². The van der Waals surface area contributed by atoms with Gasteiger partial charge in [-0.2, -0.15) is 0 Å². The average molecular weight is 358 g/mol. The van der Waals surface area contributed by atoms with Crippen molar-refractivity contribution in [1.82, 2.24) is 10.2 Å². The third kappa shape index (κ3) is 4.01. The lowest BCUT2D eigenvalue weighted by Crippen LogP contribution is -2.49. The molecule has 3 N–H and O–H groups in total. The van der Waals surface area contributed by atoms with Crippen LogP contribution in [0, 0.1) is 5.82 Å². The number of halogens is 2. The van der Waals surface area contributed by atoms with Gasteiger partial charge in [-0.25, -0.2) is 4.39 Å². The van der Waals surface area contributed by atoms with Gasteiger partial charge in [0, 0.05) is 10.5 Å². The number of nitrogens with zero attached hydrogens (tertiary/aromatic N) is 1. The summed E-state index contributed by atoms with van der Waals surface area (Å²) < 4.78 is 13.9. The van der Waals surface area contributed by atoms with Crippen LogP contribution in [0.2, 0.25) is 0 Å². The molecular formula is C14H17BrFN3O2. The zero-order chi connectivity index (χ0) is 15.4. The van der Waals surface area contributed by atoms with Gasteiger partial charge in [-0.15, -0.1) is 0 Å². The second kappa shape index (κ2) is 7.00. The van der Waals surface area contributed by atoms with Crippen LogP contribution >= 0.6 is 15.9 Å². The Kier molecular flexibility index (Phi) is 5.30. The Morgan fingerprint density at radius 3 is 2.67 bits per heavy atom. The average Bonchev–Trinajstić information content (AvgIpc) is 2.47. The van der Waals surface area contributed by atoms with Gasteiger partial charge >= 0.3 is 0 Å². The highest BCUT2D eigenvalue weighted by Crippen LogP contribution is 2.22. The van der Waals surface area contributed by atoms with E-state index >= 15 is 0 Å². The minimum atomic E-state index is -0.575. The van der Waals surface area contributed by atoms with Gasteiger partial charge in [0.1, 0.15) is 5.82 Å². The van der Waals surface area contributed by atoms with Crippen LogP contribution in [0.15, 0.2) is 22.7 Å². The molecule has 0 spiro atoms. The van der Waals surface area contributed by atoms with E-state index in [0.717, 1.165) is 25.9 Å². The molecular weight excluding hydrogens is 341 g/mol. The molecule has 1 aliphatic heterocycles. The predicted molar refractivity (Wildman–Crippen MR) is 80.2 cm³/mol. The SMILES string of the molecule is NC(=O)CN(C(=O)c1cc(F)ccc1Br)C1CCNCC1. The summed E-state index contributed by atoms with van der Waals surface area (Å²) in [5, 5.41) is 3.20. The first-order valence-electron chi connectivity index (χ1n) is 6.74. The Hall–Kier alpha value is -1.47. The molecule has 1 fully saturated rings. The number of nitrogens with one attached hydrogen (secondary N) is 1. The fourth-order valence-corrected chi connectivity index (χ4v) is 2.89. The van der Waals surface area contributed by atoms with Crippen molar-refractivity contribution in [2.45, 2.75) is 18.9 Å². The Balaban J connectivity index is 2.28. The highest BCUT2D eigenvalue weighted by molar-refractivity contribution is 9.10. The van der Waals surface area contributed by atoms with Gasteiger partial charge in [0.25, 0.3) is 5.91 Å². The Morgan fingerprint density at radius 2 is 2.05 bits per heavy atom. The molecule has 0 aromatic heterocycles. The summed E-state index contributed by atoms with van der Waals surface area (Å²) in [5.74, 6) is -1.45. The van der Waals surface area contributed by atoms with Gasteiger partial charge < -0.3 is 16.0 Å². The third-order valence-corrected chi connectivity index (χ3v) is 4.19. The molecule has 1 aliphatic rings. The number of carbonyl (C=O) groups is 2. The van der Waals surface area contributed by atoms with E-state index in [4.69, 9.17) is 5.73 Å². The Morgan fingerprint density at radius 1 is 1.38 bits per heavy atom. The molecule has 0 bridgehead atoms. The van der Waals surface area contributed by atoms with Gasteiger partial charge in [0.05, 0.1) is 12.1 Å². The second-order valence-electron chi connectivity index (χ2n) is 5.00. The smallest absolute Gasteiger partial charge is 0.255 e. The van der Waals surface area contributed by atoms with Crippen molar-refractivity contribution in [3.63, 3.8) is 0 Å². The van der Waals surface area contributed by atoms with Crippen molar-refractivity contribution >= 4 is 27.7 Å². The standard InChI is InChI=1S/C14H17BrFN3O2/c15-12-2-1-9(16)7-11(12)14(21)19(8-13(17)20)10-3-5-18-6-4-10/h1-2,7,10,18H,3-6,8H2,(H2,17,20). The second-order valence-corrected chi connectivity index (χ2v) is 5.86. The van der Waals surface area contributed by atoms with E-state index in [1.165, 1.54) is 23.1 Å². The first-order valence-corrected chi connectivity index (χ1v) is 7.53. The molecule has 2 amide bonds. The molecule has 114 valence electrons. The van der Waals surface area contributed by atoms with Gasteiger partial charge in [0.2, 0.25) is 5.91 Å². The van der Waals surface area contributed by atoms with Crippen molar-refractivity contribution in [2.24, 2.45) is 5.73 Å². The van der Waals surface area contributed by atoms with E-state index in [-0.39, 0.29) is 24.1 Å². The van der Waals surface area contributed by atoms with Crippen LogP contribution in [-0.2, 0) is 4.79 Å². The topological polar surface area (TPSA) is 75.4 Å². The van der Waals surface area contributed by atoms with E-state index < -0.39 is 11.7 Å². The largest absolute Gasteiger partial charge is 0.368 e. The fraction of sp³-hybridized carbons (Fsp3) is 0.429. The molecule has 7 heteroatoms. The maximum atomic E-state index is 13.4. The molecule has 2 rings (SSSR count). The Bertz CT molecular complexity index is 547. The highest BCUT2D eigenvalue weighted by Gasteiger charge is 2.28.